The maximum Gasteiger partial charge on any atom is 0.0449 e. The maximum absolute atomic E-state index is 11.1. The predicted octanol–water partition coefficient (Wildman–Crippen LogP) is 1.40. The first-order chi connectivity index (χ1) is 8.75. The van der Waals surface area contributed by atoms with Crippen LogP contribution < -0.4 is 5.32 Å². The summed E-state index contributed by atoms with van der Waals surface area (Å²) < 4.78 is 11.1. The van der Waals surface area contributed by atoms with E-state index in [1.165, 1.54) is 5.56 Å². The van der Waals surface area contributed by atoms with Gasteiger partial charge in [0.1, 0.15) is 0 Å². The molecule has 1 aliphatic rings. The molecule has 1 saturated heterocycles. The van der Waals surface area contributed by atoms with Crippen molar-refractivity contribution < 1.29 is 4.21 Å². The van der Waals surface area contributed by atoms with E-state index in [1.54, 1.807) is 6.26 Å². The molecule has 18 heavy (non-hydrogen) atoms. The average Bonchev–Trinajstić information content (AvgIpc) is 2.40. The molecule has 1 aromatic rings. The lowest BCUT2D eigenvalue weighted by atomic mass is 10.0. The van der Waals surface area contributed by atoms with Gasteiger partial charge in [-0.25, -0.2) is 0 Å². The van der Waals surface area contributed by atoms with Crippen LogP contribution in [0.5, 0.6) is 0 Å². The van der Waals surface area contributed by atoms with Crippen molar-refractivity contribution in [3.63, 3.8) is 0 Å². The third-order valence-electron chi connectivity index (χ3n) is 3.37. The first-order valence-corrected chi connectivity index (χ1v) is 8.29. The van der Waals surface area contributed by atoms with Crippen LogP contribution in [0, 0.1) is 0 Å². The van der Waals surface area contributed by atoms with Crippen molar-refractivity contribution in [2.45, 2.75) is 12.5 Å². The van der Waals surface area contributed by atoms with Gasteiger partial charge in [-0.05, 0) is 18.5 Å². The summed E-state index contributed by atoms with van der Waals surface area (Å²) in [6, 6.07) is 11.0. The SMILES string of the molecule is CS(=O)CCCN1CCNC(c2ccccc2)C1. The van der Waals surface area contributed by atoms with Crippen LogP contribution in [0.3, 0.4) is 0 Å². The smallest absolute Gasteiger partial charge is 0.0449 e. The Morgan fingerprint density at radius 3 is 2.89 bits per heavy atom. The van der Waals surface area contributed by atoms with Gasteiger partial charge < -0.3 is 10.2 Å². The van der Waals surface area contributed by atoms with Gasteiger partial charge in [0.25, 0.3) is 0 Å². The third-order valence-corrected chi connectivity index (χ3v) is 4.23. The molecule has 1 aromatic carbocycles. The zero-order valence-electron chi connectivity index (χ0n) is 11.0. The highest BCUT2D eigenvalue weighted by Gasteiger charge is 2.19. The fraction of sp³-hybridized carbons (Fsp3) is 0.571. The molecule has 0 saturated carbocycles. The normalized spacial score (nSPS) is 22.8. The summed E-state index contributed by atoms with van der Waals surface area (Å²) in [4.78, 5) is 2.47. The van der Waals surface area contributed by atoms with Gasteiger partial charge in [0.15, 0.2) is 0 Å². The largest absolute Gasteiger partial charge is 0.308 e. The second-order valence-corrected chi connectivity index (χ2v) is 6.40. The van der Waals surface area contributed by atoms with Crippen LogP contribution in [0.25, 0.3) is 0 Å². The lowest BCUT2D eigenvalue weighted by molar-refractivity contribution is 0.201. The number of benzene rings is 1. The van der Waals surface area contributed by atoms with Gasteiger partial charge in [-0.15, -0.1) is 0 Å². The van der Waals surface area contributed by atoms with Crippen molar-refractivity contribution >= 4 is 10.8 Å². The molecule has 3 nitrogen and oxygen atoms in total. The number of rotatable bonds is 5. The molecule has 0 bridgehead atoms. The van der Waals surface area contributed by atoms with E-state index in [4.69, 9.17) is 0 Å². The highest BCUT2D eigenvalue weighted by molar-refractivity contribution is 7.84. The second kappa shape index (κ2) is 7.02. The zero-order valence-corrected chi connectivity index (χ0v) is 11.8. The van der Waals surface area contributed by atoms with Gasteiger partial charge in [-0.3, -0.25) is 4.21 Å². The van der Waals surface area contributed by atoms with Crippen molar-refractivity contribution in [2.75, 3.05) is 38.2 Å². The van der Waals surface area contributed by atoms with E-state index < -0.39 is 10.8 Å². The summed E-state index contributed by atoms with van der Waals surface area (Å²) in [5.74, 6) is 0.819. The van der Waals surface area contributed by atoms with Crippen molar-refractivity contribution in [1.29, 1.82) is 0 Å². The Labute approximate surface area is 112 Å². The summed E-state index contributed by atoms with van der Waals surface area (Å²) in [6.45, 7) is 4.25. The Balaban J connectivity index is 1.83. The van der Waals surface area contributed by atoms with Gasteiger partial charge in [0.05, 0.1) is 0 Å². The monoisotopic (exact) mass is 266 g/mol. The van der Waals surface area contributed by atoms with Gasteiger partial charge in [0.2, 0.25) is 0 Å². The third kappa shape index (κ3) is 4.19. The van der Waals surface area contributed by atoms with Gasteiger partial charge >= 0.3 is 0 Å². The highest BCUT2D eigenvalue weighted by atomic mass is 32.2. The summed E-state index contributed by atoms with van der Waals surface area (Å²) in [7, 11) is -0.657. The van der Waals surface area contributed by atoms with Crippen molar-refractivity contribution in [2.24, 2.45) is 0 Å². The molecule has 1 heterocycles. The Bertz CT molecular complexity index is 383. The number of nitrogens with one attached hydrogen (secondary N) is 1. The molecule has 4 heteroatoms. The number of piperazine rings is 1. The van der Waals surface area contributed by atoms with Gasteiger partial charge in [0, 0.05) is 48.5 Å². The second-order valence-electron chi connectivity index (χ2n) is 4.85. The standard InChI is InChI=1S/C14H22N2OS/c1-18(17)11-5-9-16-10-8-15-14(12-16)13-6-3-2-4-7-13/h2-4,6-7,14-15H,5,8-12H2,1H3. The van der Waals surface area contributed by atoms with E-state index in [9.17, 15) is 4.21 Å². The van der Waals surface area contributed by atoms with Gasteiger partial charge in [-0.2, -0.15) is 0 Å². The molecule has 0 amide bonds. The fourth-order valence-corrected chi connectivity index (χ4v) is 2.95. The van der Waals surface area contributed by atoms with E-state index in [2.05, 4.69) is 40.5 Å². The lowest BCUT2D eigenvalue weighted by Crippen LogP contribution is -2.46. The van der Waals surface area contributed by atoms with Crippen LogP contribution in [-0.2, 0) is 10.8 Å². The van der Waals surface area contributed by atoms with Crippen LogP contribution in [0.1, 0.15) is 18.0 Å². The van der Waals surface area contributed by atoms with Crippen LogP contribution >= 0.6 is 0 Å². The molecule has 0 radical (unpaired) electrons. The van der Waals surface area contributed by atoms with E-state index in [-0.39, 0.29) is 0 Å². The minimum atomic E-state index is -0.657. The molecule has 0 aliphatic carbocycles. The number of nitrogens with zero attached hydrogens (tertiary/aromatic N) is 1. The Morgan fingerprint density at radius 2 is 2.17 bits per heavy atom. The van der Waals surface area contributed by atoms with Crippen molar-refractivity contribution in [3.05, 3.63) is 35.9 Å². The van der Waals surface area contributed by atoms with Crippen LogP contribution in [-0.4, -0.2) is 47.3 Å². The molecule has 0 spiro atoms. The van der Waals surface area contributed by atoms with E-state index in [0.29, 0.717) is 6.04 Å². The Hall–Kier alpha value is -0.710. The van der Waals surface area contributed by atoms with Crippen LogP contribution in [0.2, 0.25) is 0 Å². The summed E-state index contributed by atoms with van der Waals surface area (Å²) in [5, 5.41) is 3.56. The average molecular weight is 266 g/mol. The van der Waals surface area contributed by atoms with Crippen LogP contribution in [0.15, 0.2) is 30.3 Å². The quantitative estimate of drug-likeness (QED) is 0.874. The van der Waals surface area contributed by atoms with Gasteiger partial charge in [-0.1, -0.05) is 30.3 Å². The Morgan fingerprint density at radius 1 is 1.39 bits per heavy atom. The molecule has 2 rings (SSSR count). The fourth-order valence-electron chi connectivity index (χ4n) is 2.41. The topological polar surface area (TPSA) is 32.3 Å². The number of hydrogen-bond donors (Lipinski definition) is 1. The van der Waals surface area contributed by atoms with Crippen molar-refractivity contribution in [3.8, 4) is 0 Å². The first-order valence-electron chi connectivity index (χ1n) is 6.56. The first kappa shape index (κ1) is 13.7. The molecular weight excluding hydrogens is 244 g/mol. The Kier molecular flexibility index (Phi) is 5.35. The predicted molar refractivity (Wildman–Crippen MR) is 77.2 cm³/mol. The van der Waals surface area contributed by atoms with E-state index in [0.717, 1.165) is 38.4 Å². The summed E-state index contributed by atoms with van der Waals surface area (Å²) in [6.07, 6.45) is 2.81. The minimum absolute atomic E-state index is 0.437. The molecule has 1 aliphatic heterocycles. The molecule has 2 unspecified atom stereocenters. The van der Waals surface area contributed by atoms with E-state index >= 15 is 0 Å². The number of hydrogen-bond acceptors (Lipinski definition) is 3. The zero-order chi connectivity index (χ0) is 12.8. The molecule has 1 fully saturated rings. The van der Waals surface area contributed by atoms with Crippen LogP contribution in [0.4, 0.5) is 0 Å². The summed E-state index contributed by atoms with van der Waals surface area (Å²) in [5.41, 5.74) is 1.36. The molecule has 1 N–H and O–H groups in total. The summed E-state index contributed by atoms with van der Waals surface area (Å²) >= 11 is 0. The maximum atomic E-state index is 11.1. The molecule has 100 valence electrons. The lowest BCUT2D eigenvalue weighted by Gasteiger charge is -2.33. The van der Waals surface area contributed by atoms with Crippen molar-refractivity contribution in [1.82, 2.24) is 10.2 Å². The molecule has 0 aromatic heterocycles. The highest BCUT2D eigenvalue weighted by Crippen LogP contribution is 2.16. The molecule has 2 atom stereocenters. The molecular formula is C14H22N2OS. The minimum Gasteiger partial charge on any atom is -0.308 e. The van der Waals surface area contributed by atoms with E-state index in [1.807, 2.05) is 0 Å².